The van der Waals surface area contributed by atoms with Crippen molar-refractivity contribution < 1.29 is 0 Å². The number of hydrogen-bond donors (Lipinski definition) is 1. The summed E-state index contributed by atoms with van der Waals surface area (Å²) in [5.74, 6) is 0. The minimum atomic E-state index is -0.442. The van der Waals surface area contributed by atoms with Crippen LogP contribution < -0.4 is 11.2 Å². The van der Waals surface area contributed by atoms with Crippen molar-refractivity contribution >= 4 is 22.2 Å². The summed E-state index contributed by atoms with van der Waals surface area (Å²) in [6.07, 6.45) is 1.66. The summed E-state index contributed by atoms with van der Waals surface area (Å²) in [7, 11) is 0. The van der Waals surface area contributed by atoms with Gasteiger partial charge in [0.25, 0.3) is 5.56 Å². The van der Waals surface area contributed by atoms with Crippen molar-refractivity contribution in [2.24, 2.45) is 0 Å². The number of rotatable bonds is 4. The van der Waals surface area contributed by atoms with Gasteiger partial charge in [0.15, 0.2) is 11.2 Å². The van der Waals surface area contributed by atoms with Crippen molar-refractivity contribution in [1.29, 1.82) is 0 Å². The Balaban J connectivity index is 1.93. The van der Waals surface area contributed by atoms with Gasteiger partial charge in [0, 0.05) is 23.6 Å². The van der Waals surface area contributed by atoms with E-state index in [0.29, 0.717) is 17.6 Å². The van der Waals surface area contributed by atoms with E-state index >= 15 is 0 Å². The van der Waals surface area contributed by atoms with Crippen molar-refractivity contribution in [3.8, 4) is 5.69 Å². The molecule has 0 atom stereocenters. The van der Waals surface area contributed by atoms with Crippen LogP contribution in [0.3, 0.4) is 0 Å². The van der Waals surface area contributed by atoms with Crippen LogP contribution in [0.2, 0.25) is 0 Å². The maximum absolute atomic E-state index is 12.7. The second-order valence-corrected chi connectivity index (χ2v) is 6.79. The highest BCUT2D eigenvalue weighted by atomic mass is 16.2. The first-order valence-electron chi connectivity index (χ1n) is 9.09. The normalized spacial score (nSPS) is 11.5. The summed E-state index contributed by atoms with van der Waals surface area (Å²) >= 11 is 0. The van der Waals surface area contributed by atoms with Gasteiger partial charge in [0.1, 0.15) is 0 Å². The van der Waals surface area contributed by atoms with Crippen LogP contribution in [0.5, 0.6) is 0 Å². The number of hydrogen-bond acceptors (Lipinski definition) is 4. The van der Waals surface area contributed by atoms with Gasteiger partial charge in [-0.05, 0) is 50.6 Å². The number of benzene rings is 1. The largest absolute Gasteiger partial charge is 0.330 e. The van der Waals surface area contributed by atoms with Crippen LogP contribution in [0.25, 0.3) is 27.9 Å². The summed E-state index contributed by atoms with van der Waals surface area (Å²) in [4.78, 5) is 36.6. The van der Waals surface area contributed by atoms with E-state index in [0.717, 1.165) is 29.9 Å². The van der Waals surface area contributed by atoms with Gasteiger partial charge in [-0.25, -0.2) is 14.8 Å². The molecule has 0 aliphatic rings. The van der Waals surface area contributed by atoms with Crippen molar-refractivity contribution in [2.45, 2.75) is 40.2 Å². The molecule has 0 aliphatic carbocycles. The predicted molar refractivity (Wildman–Crippen MR) is 106 cm³/mol. The van der Waals surface area contributed by atoms with Crippen LogP contribution in [0.1, 0.15) is 31.2 Å². The lowest BCUT2D eigenvalue weighted by Crippen LogP contribution is -2.35. The van der Waals surface area contributed by atoms with Gasteiger partial charge >= 0.3 is 5.69 Å². The van der Waals surface area contributed by atoms with Gasteiger partial charge in [-0.3, -0.25) is 14.3 Å². The molecule has 3 heterocycles. The maximum Gasteiger partial charge on any atom is 0.330 e. The molecule has 4 aromatic rings. The Bertz CT molecular complexity index is 1260. The molecule has 0 unspecified atom stereocenters. The molecule has 7 heteroatoms. The molecule has 0 saturated carbocycles. The van der Waals surface area contributed by atoms with E-state index < -0.39 is 11.2 Å². The molecule has 4 rings (SSSR count). The number of H-pyrrole nitrogens is 1. The summed E-state index contributed by atoms with van der Waals surface area (Å²) in [6, 6.07) is 9.85. The van der Waals surface area contributed by atoms with E-state index in [9.17, 15) is 9.59 Å². The maximum atomic E-state index is 12.7. The molecule has 0 saturated heterocycles. The lowest BCUT2D eigenvalue weighted by Gasteiger charge is -2.10. The number of unbranched alkanes of at least 4 members (excludes halogenated alkanes) is 1. The number of aromatic nitrogens is 5. The van der Waals surface area contributed by atoms with Crippen LogP contribution in [0, 0.1) is 13.8 Å². The van der Waals surface area contributed by atoms with Crippen LogP contribution >= 0.6 is 0 Å². The van der Waals surface area contributed by atoms with Gasteiger partial charge in [0.05, 0.1) is 11.0 Å². The molecule has 0 radical (unpaired) electrons. The molecule has 0 bridgehead atoms. The zero-order valence-electron chi connectivity index (χ0n) is 15.6. The topological polar surface area (TPSA) is 85.6 Å². The molecule has 27 heavy (non-hydrogen) atoms. The fraction of sp³-hybridized carbons (Fsp3) is 0.300. The fourth-order valence-corrected chi connectivity index (χ4v) is 3.40. The molecule has 0 aliphatic heterocycles. The second kappa shape index (κ2) is 6.50. The van der Waals surface area contributed by atoms with E-state index in [2.05, 4.69) is 31.7 Å². The summed E-state index contributed by atoms with van der Waals surface area (Å²) < 4.78 is 3.32. The van der Waals surface area contributed by atoms with E-state index in [1.54, 1.807) is 0 Å². The molecule has 0 spiro atoms. The molecule has 0 fully saturated rings. The first kappa shape index (κ1) is 17.2. The standard InChI is InChI=1S/C20H21N5O2/c1-4-5-10-24-19(26)17-18(23-20(24)27)22-16-11-14(8-9-15(16)21-17)25-12(2)6-7-13(25)3/h6-9,11H,4-5,10H2,1-3H3,(H,22,23,27). The van der Waals surface area contributed by atoms with E-state index in [4.69, 9.17) is 0 Å². The van der Waals surface area contributed by atoms with E-state index in [-0.39, 0.29) is 11.2 Å². The van der Waals surface area contributed by atoms with E-state index in [1.807, 2.05) is 39.0 Å². The lowest BCUT2D eigenvalue weighted by atomic mass is 10.2. The number of aryl methyl sites for hydroxylation is 2. The average Bonchev–Trinajstić information content (AvgIpc) is 2.98. The van der Waals surface area contributed by atoms with Crippen molar-refractivity contribution in [2.75, 3.05) is 0 Å². The second-order valence-electron chi connectivity index (χ2n) is 6.79. The summed E-state index contributed by atoms with van der Waals surface area (Å²) in [6.45, 7) is 6.48. The van der Waals surface area contributed by atoms with Crippen molar-refractivity contribution in [3.63, 3.8) is 0 Å². The molecule has 1 aromatic carbocycles. The first-order chi connectivity index (χ1) is 13.0. The number of fused-ring (bicyclic) bond motifs is 2. The molecule has 7 nitrogen and oxygen atoms in total. The van der Waals surface area contributed by atoms with Gasteiger partial charge in [-0.2, -0.15) is 0 Å². The highest BCUT2D eigenvalue weighted by molar-refractivity contribution is 5.85. The zero-order valence-corrected chi connectivity index (χ0v) is 15.6. The number of nitrogens with one attached hydrogen (secondary N) is 1. The SMILES string of the molecule is CCCCn1c(=O)[nH]c2nc3cc(-n4c(C)ccc4C)ccc3nc2c1=O. The molecule has 1 N–H and O–H groups in total. The monoisotopic (exact) mass is 363 g/mol. The third kappa shape index (κ3) is 2.85. The van der Waals surface area contributed by atoms with Crippen LogP contribution in [-0.2, 0) is 6.54 Å². The third-order valence-electron chi connectivity index (χ3n) is 4.83. The van der Waals surface area contributed by atoms with Gasteiger partial charge < -0.3 is 4.57 Å². The fourth-order valence-electron chi connectivity index (χ4n) is 3.40. The molecular formula is C20H21N5O2. The zero-order chi connectivity index (χ0) is 19.1. The lowest BCUT2D eigenvalue weighted by molar-refractivity contribution is 0.588. The van der Waals surface area contributed by atoms with Gasteiger partial charge in [-0.15, -0.1) is 0 Å². The highest BCUT2D eigenvalue weighted by Crippen LogP contribution is 2.20. The Labute approximate surface area is 155 Å². The number of aromatic amines is 1. The smallest absolute Gasteiger partial charge is 0.318 e. The Hall–Kier alpha value is -3.22. The first-order valence-corrected chi connectivity index (χ1v) is 9.09. The molecular weight excluding hydrogens is 342 g/mol. The van der Waals surface area contributed by atoms with E-state index in [1.165, 1.54) is 4.57 Å². The van der Waals surface area contributed by atoms with Crippen LogP contribution in [0.4, 0.5) is 0 Å². The highest BCUT2D eigenvalue weighted by Gasteiger charge is 2.12. The van der Waals surface area contributed by atoms with Crippen LogP contribution in [-0.4, -0.2) is 24.1 Å². The predicted octanol–water partition coefficient (Wildman–Crippen LogP) is 2.84. The minimum absolute atomic E-state index is 0.194. The minimum Gasteiger partial charge on any atom is -0.318 e. The molecule has 3 aromatic heterocycles. The third-order valence-corrected chi connectivity index (χ3v) is 4.83. The summed E-state index contributed by atoms with van der Waals surface area (Å²) in [5, 5.41) is 0. The quantitative estimate of drug-likeness (QED) is 0.565. The molecule has 138 valence electrons. The van der Waals surface area contributed by atoms with Crippen molar-refractivity contribution in [3.05, 3.63) is 62.6 Å². The van der Waals surface area contributed by atoms with Gasteiger partial charge in [0.2, 0.25) is 0 Å². The van der Waals surface area contributed by atoms with Gasteiger partial charge in [-0.1, -0.05) is 13.3 Å². The van der Waals surface area contributed by atoms with Crippen molar-refractivity contribution in [1.82, 2.24) is 24.1 Å². The molecule has 0 amide bonds. The average molecular weight is 363 g/mol. The Morgan fingerprint density at radius 1 is 1.00 bits per heavy atom. The Morgan fingerprint density at radius 3 is 2.44 bits per heavy atom. The van der Waals surface area contributed by atoms with Crippen LogP contribution in [0.15, 0.2) is 39.9 Å². The summed E-state index contributed by atoms with van der Waals surface area (Å²) in [5.41, 5.74) is 4.05. The Kier molecular flexibility index (Phi) is 4.14. The Morgan fingerprint density at radius 2 is 1.74 bits per heavy atom. The number of nitrogens with zero attached hydrogens (tertiary/aromatic N) is 4.